The van der Waals surface area contributed by atoms with Gasteiger partial charge in [-0.05, 0) is 26.8 Å². The van der Waals surface area contributed by atoms with Crippen LogP contribution < -0.4 is 4.90 Å². The first-order valence-electron chi connectivity index (χ1n) is 7.90. The average Bonchev–Trinajstić information content (AvgIpc) is 3.01. The molecule has 6 nitrogen and oxygen atoms in total. The first-order chi connectivity index (χ1) is 11.6. The SMILES string of the molecule is CN1C(=O)C2(N=NC(C(F)F)C2C(=O)OC(C)(C)C)c2ccccc21. The quantitative estimate of drug-likeness (QED) is 0.769. The van der Waals surface area contributed by atoms with E-state index in [1.165, 1.54) is 11.9 Å². The highest BCUT2D eigenvalue weighted by Gasteiger charge is 2.65. The van der Waals surface area contributed by atoms with Crippen molar-refractivity contribution in [2.75, 3.05) is 11.9 Å². The maximum atomic E-state index is 13.5. The molecule has 8 heteroatoms. The number of rotatable bonds is 2. The number of nitrogens with zero attached hydrogens (tertiary/aromatic N) is 3. The third-order valence-corrected chi connectivity index (χ3v) is 4.37. The molecule has 1 amide bonds. The molecule has 0 aromatic heterocycles. The van der Waals surface area contributed by atoms with Gasteiger partial charge >= 0.3 is 5.97 Å². The molecule has 0 radical (unpaired) electrons. The third kappa shape index (κ3) is 2.51. The number of azo groups is 1. The van der Waals surface area contributed by atoms with Crippen molar-refractivity contribution in [3.05, 3.63) is 29.8 Å². The normalized spacial score (nSPS) is 28.1. The van der Waals surface area contributed by atoms with Crippen LogP contribution in [-0.2, 0) is 19.9 Å². The van der Waals surface area contributed by atoms with Crippen LogP contribution >= 0.6 is 0 Å². The molecule has 134 valence electrons. The summed E-state index contributed by atoms with van der Waals surface area (Å²) in [5.41, 5.74) is -1.77. The van der Waals surface area contributed by atoms with Crippen molar-refractivity contribution in [3.8, 4) is 0 Å². The van der Waals surface area contributed by atoms with Crippen LogP contribution in [0, 0.1) is 5.92 Å². The number of carbonyl (C=O) groups excluding carboxylic acids is 2. The van der Waals surface area contributed by atoms with Crippen LogP contribution in [0.2, 0.25) is 0 Å². The van der Waals surface area contributed by atoms with E-state index in [9.17, 15) is 18.4 Å². The van der Waals surface area contributed by atoms with Crippen LogP contribution in [0.25, 0.3) is 0 Å². The molecule has 0 aliphatic carbocycles. The van der Waals surface area contributed by atoms with E-state index in [0.717, 1.165) is 0 Å². The minimum atomic E-state index is -2.94. The van der Waals surface area contributed by atoms with Crippen molar-refractivity contribution in [1.82, 2.24) is 0 Å². The number of benzene rings is 1. The Bertz CT molecular complexity index is 760. The third-order valence-electron chi connectivity index (χ3n) is 4.37. The molecular weight excluding hydrogens is 332 g/mol. The number of ether oxygens (including phenoxy) is 1. The Morgan fingerprint density at radius 2 is 1.96 bits per heavy atom. The monoisotopic (exact) mass is 351 g/mol. The number of amides is 1. The molecule has 0 saturated heterocycles. The molecule has 2 aliphatic heterocycles. The van der Waals surface area contributed by atoms with Gasteiger partial charge in [-0.3, -0.25) is 9.59 Å². The van der Waals surface area contributed by atoms with E-state index in [1.807, 2.05) is 0 Å². The van der Waals surface area contributed by atoms with E-state index in [-0.39, 0.29) is 0 Å². The number of likely N-dealkylation sites (N-methyl/N-ethyl adjacent to an activating group) is 1. The van der Waals surface area contributed by atoms with Crippen LogP contribution in [0.5, 0.6) is 0 Å². The number of carbonyl (C=O) groups is 2. The molecule has 2 heterocycles. The zero-order valence-electron chi connectivity index (χ0n) is 14.4. The molecular formula is C17H19F2N3O3. The molecule has 2 aliphatic rings. The Morgan fingerprint density at radius 1 is 1.32 bits per heavy atom. The average molecular weight is 351 g/mol. The molecule has 25 heavy (non-hydrogen) atoms. The Morgan fingerprint density at radius 3 is 2.56 bits per heavy atom. The fourth-order valence-corrected chi connectivity index (χ4v) is 3.37. The molecule has 3 atom stereocenters. The summed E-state index contributed by atoms with van der Waals surface area (Å²) in [4.78, 5) is 27.0. The Hall–Kier alpha value is -2.38. The van der Waals surface area contributed by atoms with E-state index in [4.69, 9.17) is 4.74 Å². The van der Waals surface area contributed by atoms with Gasteiger partial charge in [-0.25, -0.2) is 8.78 Å². The van der Waals surface area contributed by atoms with Gasteiger partial charge in [0.2, 0.25) is 5.54 Å². The second-order valence-electron chi connectivity index (χ2n) is 7.20. The van der Waals surface area contributed by atoms with E-state index >= 15 is 0 Å². The summed E-state index contributed by atoms with van der Waals surface area (Å²) < 4.78 is 32.4. The molecule has 1 spiro atoms. The summed E-state index contributed by atoms with van der Waals surface area (Å²) in [6.45, 7) is 4.90. The lowest BCUT2D eigenvalue weighted by atomic mass is 9.76. The fourth-order valence-electron chi connectivity index (χ4n) is 3.37. The summed E-state index contributed by atoms with van der Waals surface area (Å²) in [6, 6.07) is 4.96. The molecule has 1 aromatic rings. The number of hydrogen-bond donors (Lipinski definition) is 0. The minimum Gasteiger partial charge on any atom is -0.460 e. The predicted octanol–water partition coefficient (Wildman–Crippen LogP) is 2.92. The predicted molar refractivity (Wildman–Crippen MR) is 85.5 cm³/mol. The second-order valence-corrected chi connectivity index (χ2v) is 7.20. The van der Waals surface area contributed by atoms with Crippen molar-refractivity contribution in [2.45, 2.75) is 44.4 Å². The largest absolute Gasteiger partial charge is 0.460 e. The molecule has 0 N–H and O–H groups in total. The Balaban J connectivity index is 2.15. The zero-order valence-corrected chi connectivity index (χ0v) is 14.4. The highest BCUT2D eigenvalue weighted by atomic mass is 19.3. The number of anilines is 1. The van der Waals surface area contributed by atoms with E-state index in [2.05, 4.69) is 10.2 Å². The summed E-state index contributed by atoms with van der Waals surface area (Å²) in [7, 11) is 1.52. The maximum Gasteiger partial charge on any atom is 0.315 e. The van der Waals surface area contributed by atoms with Crippen LogP contribution in [0.3, 0.4) is 0 Å². The summed E-state index contributed by atoms with van der Waals surface area (Å²) in [5, 5.41) is 7.54. The molecule has 3 unspecified atom stereocenters. The number of alkyl halides is 2. The van der Waals surface area contributed by atoms with Gasteiger partial charge in [0.25, 0.3) is 12.3 Å². The summed E-state index contributed by atoms with van der Waals surface area (Å²) in [6.07, 6.45) is -2.94. The number of halogens is 2. The molecule has 1 aromatic carbocycles. The van der Waals surface area contributed by atoms with Gasteiger partial charge in [0.15, 0.2) is 0 Å². The highest BCUT2D eigenvalue weighted by Crippen LogP contribution is 2.53. The van der Waals surface area contributed by atoms with Crippen molar-refractivity contribution in [1.29, 1.82) is 0 Å². The number of fused-ring (bicyclic) bond motifs is 2. The minimum absolute atomic E-state index is 0.394. The second kappa shape index (κ2) is 5.57. The van der Waals surface area contributed by atoms with Gasteiger partial charge in [0, 0.05) is 18.3 Å². The van der Waals surface area contributed by atoms with Crippen LogP contribution in [0.15, 0.2) is 34.5 Å². The number of para-hydroxylation sites is 1. The van der Waals surface area contributed by atoms with Gasteiger partial charge < -0.3 is 9.64 Å². The Kier molecular flexibility index (Phi) is 3.89. The lowest BCUT2D eigenvalue weighted by molar-refractivity contribution is -0.165. The van der Waals surface area contributed by atoms with Gasteiger partial charge in [0.1, 0.15) is 17.6 Å². The number of hydrogen-bond acceptors (Lipinski definition) is 5. The molecule has 0 saturated carbocycles. The van der Waals surface area contributed by atoms with Crippen molar-refractivity contribution in [3.63, 3.8) is 0 Å². The van der Waals surface area contributed by atoms with Crippen molar-refractivity contribution < 1.29 is 23.1 Å². The van der Waals surface area contributed by atoms with Gasteiger partial charge in [-0.2, -0.15) is 10.2 Å². The summed E-state index contributed by atoms with van der Waals surface area (Å²) in [5.74, 6) is -2.97. The summed E-state index contributed by atoms with van der Waals surface area (Å²) >= 11 is 0. The lowest BCUT2D eigenvalue weighted by Gasteiger charge is -2.30. The van der Waals surface area contributed by atoms with Crippen molar-refractivity contribution in [2.24, 2.45) is 16.1 Å². The zero-order chi connectivity index (χ0) is 18.6. The first kappa shape index (κ1) is 17.4. The van der Waals surface area contributed by atoms with Gasteiger partial charge in [-0.15, -0.1) is 0 Å². The topological polar surface area (TPSA) is 71.3 Å². The van der Waals surface area contributed by atoms with E-state index < -0.39 is 41.4 Å². The Labute approximate surface area is 143 Å². The molecule has 0 bridgehead atoms. The van der Waals surface area contributed by atoms with E-state index in [0.29, 0.717) is 11.3 Å². The van der Waals surface area contributed by atoms with Gasteiger partial charge in [0.05, 0.1) is 0 Å². The van der Waals surface area contributed by atoms with Crippen molar-refractivity contribution >= 4 is 17.6 Å². The van der Waals surface area contributed by atoms with Crippen LogP contribution in [-0.4, -0.2) is 37.0 Å². The maximum absolute atomic E-state index is 13.5. The number of esters is 1. The van der Waals surface area contributed by atoms with Gasteiger partial charge in [-0.1, -0.05) is 18.2 Å². The smallest absolute Gasteiger partial charge is 0.315 e. The first-order valence-corrected chi connectivity index (χ1v) is 7.90. The standard InChI is InChI=1S/C17H19F2N3O3/c1-16(2,3)25-14(23)11-12(13(18)19)20-21-17(11)9-7-5-6-8-10(9)22(4)15(17)24/h5-8,11-13H,1-4H3. The van der Waals surface area contributed by atoms with Crippen LogP contribution in [0.1, 0.15) is 26.3 Å². The fraction of sp³-hybridized carbons (Fsp3) is 0.529. The highest BCUT2D eigenvalue weighted by molar-refractivity contribution is 6.10. The van der Waals surface area contributed by atoms with E-state index in [1.54, 1.807) is 45.0 Å². The molecule has 0 fully saturated rings. The lowest BCUT2D eigenvalue weighted by Crippen LogP contribution is -2.50. The molecule has 3 rings (SSSR count). The van der Waals surface area contributed by atoms with Crippen LogP contribution in [0.4, 0.5) is 14.5 Å².